The van der Waals surface area contributed by atoms with Gasteiger partial charge in [-0.15, -0.1) is 11.3 Å². The Kier molecular flexibility index (Phi) is 6.46. The van der Waals surface area contributed by atoms with Gasteiger partial charge in [0.25, 0.3) is 5.91 Å². The van der Waals surface area contributed by atoms with E-state index >= 15 is 0 Å². The first-order valence-corrected chi connectivity index (χ1v) is 9.59. The van der Waals surface area contributed by atoms with E-state index in [1.807, 2.05) is 36.6 Å². The maximum atomic E-state index is 12.2. The number of methoxy groups -OCH3 is 2. The molecule has 29 heavy (non-hydrogen) atoms. The van der Waals surface area contributed by atoms with E-state index in [9.17, 15) is 9.59 Å². The fourth-order valence-corrected chi connectivity index (χ4v) is 3.26. The lowest BCUT2D eigenvalue weighted by Gasteiger charge is -2.09. The fraction of sp³-hybridized carbons (Fsp3) is 0.190. The number of esters is 1. The highest BCUT2D eigenvalue weighted by atomic mass is 32.1. The average molecular weight is 412 g/mol. The first-order valence-electron chi connectivity index (χ1n) is 8.71. The Balaban J connectivity index is 1.56. The molecule has 1 heterocycles. The standard InChI is InChI=1S/C21H20N2O5S/c1-13-4-6-14(7-5-13)16-12-29-21(22-16)23-19(24)11-28-20(25)15-8-9-17(26-2)18(10-15)27-3/h4-10,12H,11H2,1-3H3,(H,22,23,24). The summed E-state index contributed by atoms with van der Waals surface area (Å²) in [4.78, 5) is 28.7. The lowest BCUT2D eigenvalue weighted by Crippen LogP contribution is -2.20. The number of thiazole rings is 1. The number of ether oxygens (including phenoxy) is 3. The molecule has 1 N–H and O–H groups in total. The molecule has 1 aromatic heterocycles. The minimum Gasteiger partial charge on any atom is -0.493 e. The Morgan fingerprint density at radius 2 is 1.76 bits per heavy atom. The average Bonchev–Trinajstić information content (AvgIpc) is 3.20. The summed E-state index contributed by atoms with van der Waals surface area (Å²) in [5.74, 6) is -0.211. The molecule has 0 unspecified atom stereocenters. The third-order valence-electron chi connectivity index (χ3n) is 4.05. The topological polar surface area (TPSA) is 86.8 Å². The third-order valence-corrected chi connectivity index (χ3v) is 4.81. The van der Waals surface area contributed by atoms with Crippen molar-refractivity contribution in [1.82, 2.24) is 4.98 Å². The number of aryl methyl sites for hydroxylation is 1. The molecule has 3 aromatic rings. The predicted molar refractivity (Wildman–Crippen MR) is 111 cm³/mol. The molecule has 0 aliphatic heterocycles. The summed E-state index contributed by atoms with van der Waals surface area (Å²) in [5, 5.41) is 4.93. The van der Waals surface area contributed by atoms with Crippen molar-refractivity contribution in [2.24, 2.45) is 0 Å². The van der Waals surface area contributed by atoms with Crippen LogP contribution in [0.15, 0.2) is 47.8 Å². The highest BCUT2D eigenvalue weighted by Crippen LogP contribution is 2.28. The molecule has 7 nitrogen and oxygen atoms in total. The summed E-state index contributed by atoms with van der Waals surface area (Å²) in [5.41, 5.74) is 3.15. The highest BCUT2D eigenvalue weighted by Gasteiger charge is 2.14. The van der Waals surface area contributed by atoms with Gasteiger partial charge in [0.15, 0.2) is 23.2 Å². The maximum Gasteiger partial charge on any atom is 0.338 e. The summed E-state index contributed by atoms with van der Waals surface area (Å²) in [6.07, 6.45) is 0. The second kappa shape index (κ2) is 9.20. The molecule has 3 rings (SSSR count). The number of hydrogen-bond donors (Lipinski definition) is 1. The van der Waals surface area contributed by atoms with Gasteiger partial charge in [-0.1, -0.05) is 29.8 Å². The largest absolute Gasteiger partial charge is 0.493 e. The van der Waals surface area contributed by atoms with Crippen molar-refractivity contribution >= 4 is 28.3 Å². The second-order valence-electron chi connectivity index (χ2n) is 6.10. The van der Waals surface area contributed by atoms with Crippen LogP contribution in [0.25, 0.3) is 11.3 Å². The van der Waals surface area contributed by atoms with Gasteiger partial charge in [0.1, 0.15) is 0 Å². The summed E-state index contributed by atoms with van der Waals surface area (Å²) in [7, 11) is 2.97. The van der Waals surface area contributed by atoms with Gasteiger partial charge in [-0.25, -0.2) is 9.78 Å². The Morgan fingerprint density at radius 3 is 2.45 bits per heavy atom. The van der Waals surface area contributed by atoms with Crippen molar-refractivity contribution in [2.75, 3.05) is 26.1 Å². The van der Waals surface area contributed by atoms with Crippen LogP contribution in [0.5, 0.6) is 11.5 Å². The SMILES string of the molecule is COc1ccc(C(=O)OCC(=O)Nc2nc(-c3ccc(C)cc3)cs2)cc1OC. The lowest BCUT2D eigenvalue weighted by atomic mass is 10.1. The molecular weight excluding hydrogens is 392 g/mol. The van der Waals surface area contributed by atoms with Gasteiger partial charge in [0, 0.05) is 10.9 Å². The van der Waals surface area contributed by atoms with Gasteiger partial charge < -0.3 is 14.2 Å². The number of nitrogens with one attached hydrogen (secondary N) is 1. The van der Waals surface area contributed by atoms with E-state index in [4.69, 9.17) is 14.2 Å². The van der Waals surface area contributed by atoms with Crippen LogP contribution in [-0.4, -0.2) is 37.7 Å². The normalized spacial score (nSPS) is 10.3. The molecule has 0 radical (unpaired) electrons. The van der Waals surface area contributed by atoms with Crippen molar-refractivity contribution < 1.29 is 23.8 Å². The summed E-state index contributed by atoms with van der Waals surface area (Å²) < 4.78 is 15.4. The van der Waals surface area contributed by atoms with E-state index in [1.165, 1.54) is 37.7 Å². The maximum absolute atomic E-state index is 12.2. The first kappa shape index (κ1) is 20.3. The number of hydrogen-bond acceptors (Lipinski definition) is 7. The molecule has 2 aromatic carbocycles. The molecule has 0 atom stereocenters. The Bertz CT molecular complexity index is 1010. The van der Waals surface area contributed by atoms with Crippen LogP contribution < -0.4 is 14.8 Å². The number of carbonyl (C=O) groups excluding carboxylic acids is 2. The monoisotopic (exact) mass is 412 g/mol. The van der Waals surface area contributed by atoms with Crippen LogP contribution in [0, 0.1) is 6.92 Å². The molecule has 0 saturated heterocycles. The zero-order chi connectivity index (χ0) is 20.8. The minimum absolute atomic E-state index is 0.256. The first-order chi connectivity index (χ1) is 14.0. The molecule has 0 bridgehead atoms. The van der Waals surface area contributed by atoms with E-state index < -0.39 is 18.5 Å². The molecular formula is C21H20N2O5S. The fourth-order valence-electron chi connectivity index (χ4n) is 2.52. The molecule has 1 amide bonds. The quantitative estimate of drug-likeness (QED) is 0.592. The van der Waals surface area contributed by atoms with Crippen LogP contribution >= 0.6 is 11.3 Å². The number of carbonyl (C=O) groups is 2. The van der Waals surface area contributed by atoms with Gasteiger partial charge >= 0.3 is 5.97 Å². The van der Waals surface area contributed by atoms with Gasteiger partial charge in [0.05, 0.1) is 25.5 Å². The van der Waals surface area contributed by atoms with Crippen LogP contribution in [0.3, 0.4) is 0 Å². The molecule has 150 valence electrons. The van der Waals surface area contributed by atoms with Gasteiger partial charge in [-0.2, -0.15) is 0 Å². The molecule has 8 heteroatoms. The van der Waals surface area contributed by atoms with Crippen LogP contribution in [0.4, 0.5) is 5.13 Å². The lowest BCUT2D eigenvalue weighted by molar-refractivity contribution is -0.119. The van der Waals surface area contributed by atoms with Gasteiger partial charge in [0.2, 0.25) is 0 Å². The van der Waals surface area contributed by atoms with Crippen molar-refractivity contribution in [3.05, 3.63) is 59.0 Å². The molecule has 0 spiro atoms. The zero-order valence-corrected chi connectivity index (χ0v) is 17.0. The van der Waals surface area contributed by atoms with Crippen LogP contribution in [0.2, 0.25) is 0 Å². The number of anilines is 1. The minimum atomic E-state index is -0.638. The Hall–Kier alpha value is -3.39. The van der Waals surface area contributed by atoms with Crippen LogP contribution in [0.1, 0.15) is 15.9 Å². The van der Waals surface area contributed by atoms with Crippen LogP contribution in [-0.2, 0) is 9.53 Å². The van der Waals surface area contributed by atoms with Gasteiger partial charge in [-0.05, 0) is 25.1 Å². The van der Waals surface area contributed by atoms with E-state index in [2.05, 4.69) is 10.3 Å². The summed E-state index contributed by atoms with van der Waals surface area (Å²) in [6.45, 7) is 1.59. The third kappa shape index (κ3) is 5.11. The smallest absolute Gasteiger partial charge is 0.338 e. The number of benzene rings is 2. The number of amides is 1. The van der Waals surface area contributed by atoms with Gasteiger partial charge in [-0.3, -0.25) is 10.1 Å². The molecule has 0 aliphatic carbocycles. The van der Waals surface area contributed by atoms with Crippen molar-refractivity contribution in [3.63, 3.8) is 0 Å². The molecule has 0 saturated carbocycles. The van der Waals surface area contributed by atoms with E-state index in [0.717, 1.165) is 16.8 Å². The van der Waals surface area contributed by atoms with Crippen molar-refractivity contribution in [1.29, 1.82) is 0 Å². The van der Waals surface area contributed by atoms with E-state index in [0.29, 0.717) is 16.6 Å². The highest BCUT2D eigenvalue weighted by molar-refractivity contribution is 7.14. The number of aromatic nitrogens is 1. The molecule has 0 aliphatic rings. The Morgan fingerprint density at radius 1 is 1.03 bits per heavy atom. The molecule has 0 fully saturated rings. The second-order valence-corrected chi connectivity index (χ2v) is 6.96. The Labute approximate surface area is 172 Å². The van der Waals surface area contributed by atoms with Crippen molar-refractivity contribution in [3.8, 4) is 22.8 Å². The van der Waals surface area contributed by atoms with Crippen molar-refractivity contribution in [2.45, 2.75) is 6.92 Å². The zero-order valence-electron chi connectivity index (χ0n) is 16.2. The van der Waals surface area contributed by atoms with E-state index in [1.54, 1.807) is 6.07 Å². The number of rotatable bonds is 7. The summed E-state index contributed by atoms with van der Waals surface area (Å²) in [6, 6.07) is 12.6. The van der Waals surface area contributed by atoms with E-state index in [-0.39, 0.29) is 5.56 Å². The summed E-state index contributed by atoms with van der Waals surface area (Å²) >= 11 is 1.30. The predicted octanol–water partition coefficient (Wildman–Crippen LogP) is 3.93. The number of nitrogens with zero attached hydrogens (tertiary/aromatic N) is 1.